The average Bonchev–Trinajstić information content (AvgIpc) is 3.87. The first-order valence-electron chi connectivity index (χ1n) is 17.6. The SMILES string of the molecule is c1ccc(N(c2ccccc2)c2ccc3sc4ccc(-c5ccc6sc7ccc(-n8c9ccccc9c9ccccc98)cc7c6c5)cc4c3c2)cc1. The number of hydrogen-bond acceptors (Lipinski definition) is 3. The van der Waals surface area contributed by atoms with Crippen LogP contribution in [0, 0.1) is 0 Å². The first kappa shape index (κ1) is 29.5. The Morgan fingerprint density at radius 1 is 0.327 bits per heavy atom. The van der Waals surface area contributed by atoms with Crippen LogP contribution in [0.3, 0.4) is 0 Å². The van der Waals surface area contributed by atoms with Gasteiger partial charge in [-0.05, 0) is 108 Å². The molecule has 0 amide bonds. The van der Waals surface area contributed by atoms with Crippen molar-refractivity contribution in [1.82, 2.24) is 4.57 Å². The summed E-state index contributed by atoms with van der Waals surface area (Å²) in [5.41, 5.74) is 9.58. The molecule has 11 rings (SSSR count). The van der Waals surface area contributed by atoms with Gasteiger partial charge < -0.3 is 9.47 Å². The van der Waals surface area contributed by atoms with Crippen LogP contribution in [-0.4, -0.2) is 4.57 Å². The molecule has 0 aliphatic carbocycles. The van der Waals surface area contributed by atoms with Crippen molar-refractivity contribution < 1.29 is 0 Å². The van der Waals surface area contributed by atoms with Crippen molar-refractivity contribution in [1.29, 1.82) is 0 Å². The zero-order valence-corrected chi connectivity index (χ0v) is 29.7. The van der Waals surface area contributed by atoms with Gasteiger partial charge in [-0.3, -0.25) is 0 Å². The number of rotatable bonds is 5. The molecule has 52 heavy (non-hydrogen) atoms. The van der Waals surface area contributed by atoms with Crippen LogP contribution < -0.4 is 4.90 Å². The Hall–Kier alpha value is -6.20. The molecule has 244 valence electrons. The second kappa shape index (κ2) is 11.7. The summed E-state index contributed by atoms with van der Waals surface area (Å²) in [5.74, 6) is 0. The molecule has 0 fully saturated rings. The number of hydrogen-bond donors (Lipinski definition) is 0. The largest absolute Gasteiger partial charge is 0.310 e. The molecule has 11 aromatic rings. The summed E-state index contributed by atoms with van der Waals surface area (Å²) in [6.07, 6.45) is 0. The summed E-state index contributed by atoms with van der Waals surface area (Å²) in [5, 5.41) is 7.76. The van der Waals surface area contributed by atoms with Gasteiger partial charge in [0.25, 0.3) is 0 Å². The average molecular weight is 699 g/mol. The maximum atomic E-state index is 2.41. The summed E-state index contributed by atoms with van der Waals surface area (Å²) in [4.78, 5) is 2.34. The number of anilines is 3. The van der Waals surface area contributed by atoms with Crippen molar-refractivity contribution in [3.63, 3.8) is 0 Å². The number of aromatic nitrogens is 1. The van der Waals surface area contributed by atoms with E-state index < -0.39 is 0 Å². The fourth-order valence-corrected chi connectivity index (χ4v) is 10.1. The highest BCUT2D eigenvalue weighted by Crippen LogP contribution is 2.43. The fraction of sp³-hybridized carbons (Fsp3) is 0. The molecule has 0 N–H and O–H groups in total. The zero-order chi connectivity index (χ0) is 34.2. The van der Waals surface area contributed by atoms with E-state index in [1.54, 1.807) is 0 Å². The lowest BCUT2D eigenvalue weighted by Gasteiger charge is -2.25. The van der Waals surface area contributed by atoms with Gasteiger partial charge in [0.2, 0.25) is 0 Å². The smallest absolute Gasteiger partial charge is 0.0541 e. The van der Waals surface area contributed by atoms with Gasteiger partial charge in [0.05, 0.1) is 11.0 Å². The highest BCUT2D eigenvalue weighted by atomic mass is 32.1. The number of para-hydroxylation sites is 4. The summed E-state index contributed by atoms with van der Waals surface area (Å²) >= 11 is 3.74. The first-order chi connectivity index (χ1) is 25.8. The minimum atomic E-state index is 1.14. The fourth-order valence-electron chi connectivity index (χ4n) is 7.97. The lowest BCUT2D eigenvalue weighted by Crippen LogP contribution is -2.09. The molecule has 0 atom stereocenters. The highest BCUT2D eigenvalue weighted by molar-refractivity contribution is 7.26. The van der Waals surface area contributed by atoms with E-state index in [0.29, 0.717) is 0 Å². The molecular formula is C48H30N2S2. The molecule has 4 heteroatoms. The molecule has 0 spiro atoms. The van der Waals surface area contributed by atoms with Crippen molar-refractivity contribution in [2.24, 2.45) is 0 Å². The maximum Gasteiger partial charge on any atom is 0.0541 e. The topological polar surface area (TPSA) is 8.17 Å². The second-order valence-electron chi connectivity index (χ2n) is 13.4. The highest BCUT2D eigenvalue weighted by Gasteiger charge is 2.17. The van der Waals surface area contributed by atoms with E-state index in [0.717, 1.165) is 17.1 Å². The monoisotopic (exact) mass is 698 g/mol. The van der Waals surface area contributed by atoms with Crippen LogP contribution in [0.1, 0.15) is 0 Å². The summed E-state index contributed by atoms with van der Waals surface area (Å²) in [7, 11) is 0. The summed E-state index contributed by atoms with van der Waals surface area (Å²) in [6, 6.07) is 66.6. The van der Waals surface area contributed by atoms with E-state index in [1.165, 1.54) is 79.0 Å². The molecule has 8 aromatic carbocycles. The predicted molar refractivity (Wildman–Crippen MR) is 227 cm³/mol. The van der Waals surface area contributed by atoms with Gasteiger partial charge in [-0.15, -0.1) is 22.7 Å². The van der Waals surface area contributed by atoms with E-state index in [9.17, 15) is 0 Å². The third-order valence-electron chi connectivity index (χ3n) is 10.4. The van der Waals surface area contributed by atoms with Crippen LogP contribution in [0.4, 0.5) is 17.1 Å². The van der Waals surface area contributed by atoms with Gasteiger partial charge in [-0.25, -0.2) is 0 Å². The van der Waals surface area contributed by atoms with E-state index in [2.05, 4.69) is 191 Å². The van der Waals surface area contributed by atoms with Gasteiger partial charge in [-0.2, -0.15) is 0 Å². The number of fused-ring (bicyclic) bond motifs is 9. The van der Waals surface area contributed by atoms with Crippen LogP contribution in [0.2, 0.25) is 0 Å². The standard InChI is InChI=1S/C48H30N2S2/c1-3-11-33(12-4-1)49(34-13-5-2-6-14-34)35-21-25-47-41(29-35)39-27-31(19-23-45(39)51-47)32-20-24-46-40(28-32)42-30-36(22-26-48(42)52-46)50-43-17-9-7-15-37(43)38-16-8-10-18-44(38)50/h1-30H. The van der Waals surface area contributed by atoms with Crippen LogP contribution in [0.15, 0.2) is 182 Å². The molecule has 0 aliphatic rings. The number of thiophene rings is 2. The Labute approximate surface area is 308 Å². The summed E-state index contributed by atoms with van der Waals surface area (Å²) in [6.45, 7) is 0. The van der Waals surface area contributed by atoms with Crippen LogP contribution in [0.5, 0.6) is 0 Å². The Kier molecular flexibility index (Phi) is 6.63. The van der Waals surface area contributed by atoms with Gasteiger partial charge in [0.1, 0.15) is 0 Å². The van der Waals surface area contributed by atoms with Crippen molar-refractivity contribution >= 4 is 102 Å². The van der Waals surface area contributed by atoms with Gasteiger partial charge >= 0.3 is 0 Å². The van der Waals surface area contributed by atoms with E-state index in [4.69, 9.17) is 0 Å². The Morgan fingerprint density at radius 3 is 1.33 bits per heavy atom. The molecule has 0 aliphatic heterocycles. The molecule has 2 nitrogen and oxygen atoms in total. The van der Waals surface area contributed by atoms with E-state index >= 15 is 0 Å². The Morgan fingerprint density at radius 2 is 0.769 bits per heavy atom. The summed E-state index contributed by atoms with van der Waals surface area (Å²) < 4.78 is 7.64. The lowest BCUT2D eigenvalue weighted by atomic mass is 10.0. The first-order valence-corrected chi connectivity index (χ1v) is 19.2. The van der Waals surface area contributed by atoms with Crippen LogP contribution in [-0.2, 0) is 0 Å². The predicted octanol–water partition coefficient (Wildman–Crippen LogP) is 14.7. The number of nitrogens with zero attached hydrogens (tertiary/aromatic N) is 2. The molecule has 0 unspecified atom stereocenters. The van der Waals surface area contributed by atoms with Gasteiger partial charge in [-0.1, -0.05) is 84.9 Å². The molecule has 0 bridgehead atoms. The molecule has 0 saturated carbocycles. The van der Waals surface area contributed by atoms with Crippen LogP contribution >= 0.6 is 22.7 Å². The minimum absolute atomic E-state index is 1.14. The molecule has 3 aromatic heterocycles. The quantitative estimate of drug-likeness (QED) is 0.174. The van der Waals surface area contributed by atoms with Gasteiger partial charge in [0.15, 0.2) is 0 Å². The normalized spacial score (nSPS) is 11.8. The van der Waals surface area contributed by atoms with E-state index in [-0.39, 0.29) is 0 Å². The Bertz CT molecular complexity index is 3040. The Balaban J connectivity index is 1.04. The lowest BCUT2D eigenvalue weighted by molar-refractivity contribution is 1.19. The van der Waals surface area contributed by atoms with Crippen LogP contribution in [0.25, 0.3) is 79.0 Å². The molecule has 0 saturated heterocycles. The van der Waals surface area contributed by atoms with Crippen molar-refractivity contribution in [3.8, 4) is 16.8 Å². The minimum Gasteiger partial charge on any atom is -0.310 e. The third-order valence-corrected chi connectivity index (χ3v) is 12.7. The maximum absolute atomic E-state index is 2.41. The van der Waals surface area contributed by atoms with Crippen molar-refractivity contribution in [2.45, 2.75) is 0 Å². The van der Waals surface area contributed by atoms with E-state index in [1.807, 2.05) is 22.7 Å². The second-order valence-corrected chi connectivity index (χ2v) is 15.5. The van der Waals surface area contributed by atoms with Crippen molar-refractivity contribution in [3.05, 3.63) is 182 Å². The van der Waals surface area contributed by atoms with Gasteiger partial charge in [0, 0.05) is 73.9 Å². The third kappa shape index (κ3) is 4.62. The molecule has 3 heterocycles. The molecule has 0 radical (unpaired) electrons. The number of benzene rings is 8. The zero-order valence-electron chi connectivity index (χ0n) is 28.0. The van der Waals surface area contributed by atoms with Crippen molar-refractivity contribution in [2.75, 3.05) is 4.90 Å². The molecular weight excluding hydrogens is 669 g/mol.